The van der Waals surface area contributed by atoms with Crippen molar-refractivity contribution in [3.8, 4) is 0 Å². The van der Waals surface area contributed by atoms with Crippen molar-refractivity contribution in [2.24, 2.45) is 0 Å². The second kappa shape index (κ2) is 8.35. The molecular weight excluding hydrogens is 371 g/mol. The van der Waals surface area contributed by atoms with Crippen LogP contribution in [0, 0.1) is 5.82 Å². The van der Waals surface area contributed by atoms with Crippen LogP contribution in [0.2, 0.25) is 5.02 Å². The maximum atomic E-state index is 13.2. The number of amides is 2. The molecule has 25 heavy (non-hydrogen) atoms. The first-order chi connectivity index (χ1) is 11.8. The summed E-state index contributed by atoms with van der Waals surface area (Å²) in [5, 5.41) is 2.80. The molecular formula is C16H16ClFN2O4S. The summed E-state index contributed by atoms with van der Waals surface area (Å²) in [6.45, 7) is 3.41. The number of carbonyl (C=O) groups excluding carboxylic acids is 3. The molecule has 0 aromatic heterocycles. The summed E-state index contributed by atoms with van der Waals surface area (Å²) in [5.41, 5.74) is 0.304. The fourth-order valence-corrected chi connectivity index (χ4v) is 3.31. The third-order valence-electron chi connectivity index (χ3n) is 3.33. The van der Waals surface area contributed by atoms with Crippen LogP contribution in [0.3, 0.4) is 0 Å². The molecule has 1 fully saturated rings. The lowest BCUT2D eigenvalue weighted by Gasteiger charge is -2.24. The van der Waals surface area contributed by atoms with Gasteiger partial charge in [0.1, 0.15) is 11.9 Å². The minimum atomic E-state index is -0.869. The van der Waals surface area contributed by atoms with E-state index in [-0.39, 0.29) is 23.3 Å². The van der Waals surface area contributed by atoms with Crippen LogP contribution in [0.4, 0.5) is 10.1 Å². The zero-order valence-electron chi connectivity index (χ0n) is 13.5. The van der Waals surface area contributed by atoms with E-state index in [1.165, 1.54) is 30.0 Å². The van der Waals surface area contributed by atoms with Gasteiger partial charge in [-0.05, 0) is 32.0 Å². The molecule has 1 aliphatic rings. The molecule has 2 rings (SSSR count). The average Bonchev–Trinajstić information content (AvgIpc) is 2.90. The molecule has 0 radical (unpaired) electrons. The Morgan fingerprint density at radius 1 is 1.52 bits per heavy atom. The van der Waals surface area contributed by atoms with Gasteiger partial charge in [-0.25, -0.2) is 9.18 Å². The van der Waals surface area contributed by atoms with E-state index < -0.39 is 23.7 Å². The molecule has 2 amide bonds. The van der Waals surface area contributed by atoms with Crippen molar-refractivity contribution < 1.29 is 23.5 Å². The van der Waals surface area contributed by atoms with Crippen molar-refractivity contribution in [1.29, 1.82) is 0 Å². The number of anilines is 1. The van der Waals surface area contributed by atoms with Gasteiger partial charge in [0.25, 0.3) is 0 Å². The summed E-state index contributed by atoms with van der Waals surface area (Å²) in [5.74, 6) is -1.83. The number of hydrogen-bond acceptors (Lipinski definition) is 5. The third kappa shape index (κ3) is 4.73. The number of nitrogens with zero attached hydrogens (tertiary/aromatic N) is 1. The SMILES string of the molecule is CCOC(=O)/C=C1\SCC(=O)N1C(C)C(=O)Nc1ccc(F)c(Cl)c1. The molecule has 1 N–H and O–H groups in total. The highest BCUT2D eigenvalue weighted by molar-refractivity contribution is 8.04. The maximum Gasteiger partial charge on any atom is 0.333 e. The van der Waals surface area contributed by atoms with E-state index >= 15 is 0 Å². The predicted molar refractivity (Wildman–Crippen MR) is 93.5 cm³/mol. The van der Waals surface area contributed by atoms with Crippen LogP contribution in [0.1, 0.15) is 13.8 Å². The van der Waals surface area contributed by atoms with Crippen LogP contribution < -0.4 is 5.32 Å². The van der Waals surface area contributed by atoms with Crippen LogP contribution in [-0.2, 0) is 19.1 Å². The Kier molecular flexibility index (Phi) is 6.44. The van der Waals surface area contributed by atoms with E-state index in [2.05, 4.69) is 5.32 Å². The van der Waals surface area contributed by atoms with Crippen LogP contribution in [0.25, 0.3) is 0 Å². The van der Waals surface area contributed by atoms with E-state index in [9.17, 15) is 18.8 Å². The van der Waals surface area contributed by atoms with Gasteiger partial charge >= 0.3 is 5.97 Å². The van der Waals surface area contributed by atoms with Gasteiger partial charge in [-0.1, -0.05) is 23.4 Å². The largest absolute Gasteiger partial charge is 0.463 e. The number of esters is 1. The lowest BCUT2D eigenvalue weighted by molar-refractivity contribution is -0.137. The summed E-state index contributed by atoms with van der Waals surface area (Å²) in [4.78, 5) is 37.3. The van der Waals surface area contributed by atoms with Gasteiger partial charge in [0.2, 0.25) is 11.8 Å². The first-order valence-electron chi connectivity index (χ1n) is 7.42. The Morgan fingerprint density at radius 2 is 2.24 bits per heavy atom. The van der Waals surface area contributed by atoms with Crippen LogP contribution >= 0.6 is 23.4 Å². The number of carbonyl (C=O) groups is 3. The van der Waals surface area contributed by atoms with Gasteiger partial charge in [-0.3, -0.25) is 14.5 Å². The number of thioether (sulfide) groups is 1. The number of ether oxygens (including phenoxy) is 1. The van der Waals surface area contributed by atoms with Crippen molar-refractivity contribution in [2.75, 3.05) is 17.7 Å². The van der Waals surface area contributed by atoms with Gasteiger partial charge in [0, 0.05) is 5.69 Å². The molecule has 1 aromatic rings. The second-order valence-electron chi connectivity index (χ2n) is 5.08. The zero-order valence-corrected chi connectivity index (χ0v) is 15.1. The lowest BCUT2D eigenvalue weighted by Crippen LogP contribution is -2.42. The number of rotatable bonds is 5. The monoisotopic (exact) mass is 386 g/mol. The maximum absolute atomic E-state index is 13.2. The van der Waals surface area contributed by atoms with Gasteiger partial charge in [0.15, 0.2) is 0 Å². The number of halogens is 2. The smallest absolute Gasteiger partial charge is 0.333 e. The molecule has 1 aromatic carbocycles. The van der Waals surface area contributed by atoms with Crippen molar-refractivity contribution in [3.63, 3.8) is 0 Å². The number of benzene rings is 1. The molecule has 1 saturated heterocycles. The quantitative estimate of drug-likeness (QED) is 0.622. The summed E-state index contributed by atoms with van der Waals surface area (Å²) < 4.78 is 18.0. The van der Waals surface area contributed by atoms with Crippen LogP contribution in [-0.4, -0.2) is 41.1 Å². The number of nitrogens with one attached hydrogen (secondary N) is 1. The van der Waals surface area contributed by atoms with E-state index in [4.69, 9.17) is 16.3 Å². The molecule has 1 unspecified atom stereocenters. The third-order valence-corrected chi connectivity index (χ3v) is 4.62. The molecule has 9 heteroatoms. The summed E-state index contributed by atoms with van der Waals surface area (Å²) in [7, 11) is 0. The Labute approximate surface area is 153 Å². The zero-order chi connectivity index (χ0) is 18.6. The van der Waals surface area contributed by atoms with Crippen LogP contribution in [0.15, 0.2) is 29.3 Å². The Hall–Kier alpha value is -2.06. The summed E-state index contributed by atoms with van der Waals surface area (Å²) in [6, 6.07) is 2.90. The van der Waals surface area contributed by atoms with E-state index in [0.29, 0.717) is 10.7 Å². The van der Waals surface area contributed by atoms with Gasteiger partial charge in [-0.15, -0.1) is 0 Å². The molecule has 6 nitrogen and oxygen atoms in total. The fourth-order valence-electron chi connectivity index (χ4n) is 2.14. The molecule has 0 bridgehead atoms. The van der Waals surface area contributed by atoms with E-state index in [1.54, 1.807) is 6.92 Å². The molecule has 1 atom stereocenters. The first-order valence-corrected chi connectivity index (χ1v) is 8.79. The highest BCUT2D eigenvalue weighted by atomic mass is 35.5. The minimum absolute atomic E-state index is 0.124. The minimum Gasteiger partial charge on any atom is -0.463 e. The average molecular weight is 387 g/mol. The topological polar surface area (TPSA) is 75.7 Å². The summed E-state index contributed by atoms with van der Waals surface area (Å²) in [6.07, 6.45) is 1.19. The Balaban J connectivity index is 2.14. The van der Waals surface area contributed by atoms with E-state index in [1.807, 2.05) is 0 Å². The van der Waals surface area contributed by atoms with E-state index in [0.717, 1.165) is 17.8 Å². The molecule has 0 saturated carbocycles. The highest BCUT2D eigenvalue weighted by Crippen LogP contribution is 2.31. The fraction of sp³-hybridized carbons (Fsp3) is 0.312. The first kappa shape index (κ1) is 19.3. The molecule has 1 aliphatic heterocycles. The van der Waals surface area contributed by atoms with Crippen molar-refractivity contribution in [2.45, 2.75) is 19.9 Å². The van der Waals surface area contributed by atoms with Gasteiger partial charge in [0.05, 0.1) is 28.5 Å². The summed E-state index contributed by atoms with van der Waals surface area (Å²) >= 11 is 6.84. The van der Waals surface area contributed by atoms with Crippen molar-refractivity contribution >= 4 is 46.8 Å². The van der Waals surface area contributed by atoms with Crippen molar-refractivity contribution in [3.05, 3.63) is 40.1 Å². The molecule has 0 aliphatic carbocycles. The standard InChI is InChI=1S/C16H16ClFN2O4S/c1-3-24-15(22)7-14-20(13(21)8-25-14)9(2)16(23)19-10-4-5-12(18)11(17)6-10/h4-7,9H,3,8H2,1-2H3,(H,19,23)/b14-7-. The van der Waals surface area contributed by atoms with Crippen molar-refractivity contribution in [1.82, 2.24) is 4.90 Å². The highest BCUT2D eigenvalue weighted by Gasteiger charge is 2.35. The van der Waals surface area contributed by atoms with Gasteiger partial charge < -0.3 is 10.1 Å². The Morgan fingerprint density at radius 3 is 2.88 bits per heavy atom. The lowest BCUT2D eigenvalue weighted by atomic mass is 10.2. The normalized spacial score (nSPS) is 16.9. The predicted octanol–water partition coefficient (Wildman–Crippen LogP) is 2.79. The van der Waals surface area contributed by atoms with Crippen LogP contribution in [0.5, 0.6) is 0 Å². The van der Waals surface area contributed by atoms with Gasteiger partial charge in [-0.2, -0.15) is 0 Å². The Bertz CT molecular complexity index is 741. The molecule has 0 spiro atoms. The molecule has 1 heterocycles. The second-order valence-corrected chi connectivity index (χ2v) is 6.48. The number of hydrogen-bond donors (Lipinski definition) is 1. The molecule has 134 valence electrons.